The molecule has 0 bridgehead atoms. The van der Waals surface area contributed by atoms with Crippen molar-refractivity contribution >= 4 is 36.4 Å². The minimum Gasteiger partial charge on any atom is -0.324 e. The lowest BCUT2D eigenvalue weighted by Gasteiger charge is -2.21. The second-order valence-electron chi connectivity index (χ2n) is 5.19. The third-order valence-corrected chi connectivity index (χ3v) is 3.58. The molecular weight excluding hydrogens is 327 g/mol. The summed E-state index contributed by atoms with van der Waals surface area (Å²) in [6, 6.07) is 3.60. The predicted octanol–water partition coefficient (Wildman–Crippen LogP) is 1.44. The van der Waals surface area contributed by atoms with Crippen molar-refractivity contribution in [1.82, 2.24) is 25.1 Å². The molecule has 0 aliphatic carbocycles. The predicted molar refractivity (Wildman–Crippen MR) is 87.9 cm³/mol. The second-order valence-corrected chi connectivity index (χ2v) is 5.19. The smallest absolute Gasteiger partial charge is 0.231 e. The van der Waals surface area contributed by atoms with Crippen LogP contribution in [0, 0.1) is 5.41 Å². The molecule has 1 saturated heterocycles. The highest BCUT2D eigenvalue weighted by Gasteiger charge is 2.36. The number of carbonyl (C=O) groups excluding carboxylic acids is 1. The Labute approximate surface area is 140 Å². The summed E-state index contributed by atoms with van der Waals surface area (Å²) in [5.41, 5.74) is 0.344. The van der Waals surface area contributed by atoms with Gasteiger partial charge in [0.2, 0.25) is 5.91 Å². The summed E-state index contributed by atoms with van der Waals surface area (Å²) in [6.07, 6.45) is 5.50. The quantitative estimate of drug-likeness (QED) is 0.880. The van der Waals surface area contributed by atoms with Crippen molar-refractivity contribution in [2.45, 2.75) is 13.3 Å². The Morgan fingerprint density at radius 1 is 1.41 bits per heavy atom. The molecule has 1 atom stereocenters. The normalized spacial score (nSPS) is 19.9. The number of nitrogens with one attached hydrogen (secondary N) is 2. The maximum absolute atomic E-state index is 12.2. The minimum atomic E-state index is -0.343. The van der Waals surface area contributed by atoms with Gasteiger partial charge in [-0.15, -0.1) is 24.8 Å². The molecule has 3 heterocycles. The molecule has 0 saturated carbocycles. The minimum absolute atomic E-state index is 0. The average molecular weight is 345 g/mol. The van der Waals surface area contributed by atoms with Crippen LogP contribution < -0.4 is 10.6 Å². The number of halogens is 2. The van der Waals surface area contributed by atoms with E-state index in [2.05, 4.69) is 25.7 Å². The molecular formula is C13H18Cl2N6O. The number of hydrogen-bond donors (Lipinski definition) is 2. The lowest BCUT2D eigenvalue weighted by Crippen LogP contribution is -2.35. The summed E-state index contributed by atoms with van der Waals surface area (Å²) in [5.74, 6) is 0.687. The van der Waals surface area contributed by atoms with Gasteiger partial charge in [-0.3, -0.25) is 4.79 Å². The summed E-state index contributed by atoms with van der Waals surface area (Å²) in [7, 11) is 0. The van der Waals surface area contributed by atoms with Gasteiger partial charge in [0.25, 0.3) is 0 Å². The lowest BCUT2D eigenvalue weighted by atomic mass is 9.89. The number of rotatable bonds is 3. The van der Waals surface area contributed by atoms with Gasteiger partial charge in [-0.1, -0.05) is 0 Å². The molecule has 2 aromatic rings. The molecule has 0 spiro atoms. The zero-order valence-corrected chi connectivity index (χ0v) is 13.7. The topological polar surface area (TPSA) is 84.7 Å². The van der Waals surface area contributed by atoms with Gasteiger partial charge in [-0.25, -0.2) is 14.6 Å². The third-order valence-electron chi connectivity index (χ3n) is 3.58. The summed E-state index contributed by atoms with van der Waals surface area (Å²) in [4.78, 5) is 20.4. The largest absolute Gasteiger partial charge is 0.324 e. The fourth-order valence-electron chi connectivity index (χ4n) is 2.21. The molecule has 1 aliphatic rings. The first-order valence-electron chi connectivity index (χ1n) is 6.51. The van der Waals surface area contributed by atoms with Crippen LogP contribution in [0.3, 0.4) is 0 Å². The average Bonchev–Trinajstić information content (AvgIpc) is 3.11. The Morgan fingerprint density at radius 2 is 2.23 bits per heavy atom. The van der Waals surface area contributed by atoms with E-state index in [9.17, 15) is 4.79 Å². The van der Waals surface area contributed by atoms with E-state index in [4.69, 9.17) is 0 Å². The zero-order valence-electron chi connectivity index (χ0n) is 12.0. The van der Waals surface area contributed by atoms with Crippen molar-refractivity contribution in [3.8, 4) is 5.82 Å². The van der Waals surface area contributed by atoms with Crippen LogP contribution in [0.1, 0.15) is 13.3 Å². The van der Waals surface area contributed by atoms with Crippen molar-refractivity contribution in [1.29, 1.82) is 0 Å². The van der Waals surface area contributed by atoms with Crippen LogP contribution in [-0.2, 0) is 4.79 Å². The first-order chi connectivity index (χ1) is 9.67. The molecule has 2 aromatic heterocycles. The van der Waals surface area contributed by atoms with Gasteiger partial charge in [0.15, 0.2) is 5.82 Å². The van der Waals surface area contributed by atoms with Gasteiger partial charge < -0.3 is 10.6 Å². The SMILES string of the molecule is CC1(C(=O)Nc2ccc(-n3cncn3)nc2)CCNC1.Cl.Cl. The molecule has 120 valence electrons. The molecule has 1 unspecified atom stereocenters. The van der Waals surface area contributed by atoms with E-state index in [-0.39, 0.29) is 36.1 Å². The number of aromatic nitrogens is 4. The highest BCUT2D eigenvalue weighted by molar-refractivity contribution is 5.95. The van der Waals surface area contributed by atoms with E-state index < -0.39 is 0 Å². The summed E-state index contributed by atoms with van der Waals surface area (Å²) < 4.78 is 1.56. The van der Waals surface area contributed by atoms with Crippen LogP contribution >= 0.6 is 24.8 Å². The first-order valence-corrected chi connectivity index (χ1v) is 6.51. The van der Waals surface area contributed by atoms with Crippen LogP contribution in [0.15, 0.2) is 31.0 Å². The molecule has 9 heteroatoms. The third kappa shape index (κ3) is 3.73. The van der Waals surface area contributed by atoms with Crippen LogP contribution in [0.25, 0.3) is 5.82 Å². The van der Waals surface area contributed by atoms with Crippen LogP contribution in [-0.4, -0.2) is 38.7 Å². The van der Waals surface area contributed by atoms with E-state index in [0.717, 1.165) is 13.0 Å². The highest BCUT2D eigenvalue weighted by Crippen LogP contribution is 2.26. The monoisotopic (exact) mass is 344 g/mol. The number of carbonyl (C=O) groups is 1. The maximum atomic E-state index is 12.2. The summed E-state index contributed by atoms with van der Waals surface area (Å²) >= 11 is 0. The molecule has 2 N–H and O–H groups in total. The summed E-state index contributed by atoms with van der Waals surface area (Å²) in [5, 5.41) is 10.1. The van der Waals surface area contributed by atoms with Crippen molar-refractivity contribution in [2.75, 3.05) is 18.4 Å². The van der Waals surface area contributed by atoms with E-state index in [1.54, 1.807) is 23.3 Å². The number of nitrogens with zero attached hydrogens (tertiary/aromatic N) is 4. The summed E-state index contributed by atoms with van der Waals surface area (Å²) in [6.45, 7) is 3.57. The van der Waals surface area contributed by atoms with Crippen molar-refractivity contribution in [3.63, 3.8) is 0 Å². The molecule has 1 aliphatic heterocycles. The molecule has 22 heavy (non-hydrogen) atoms. The number of anilines is 1. The number of hydrogen-bond acceptors (Lipinski definition) is 5. The van der Waals surface area contributed by atoms with Crippen LogP contribution in [0.4, 0.5) is 5.69 Å². The van der Waals surface area contributed by atoms with Crippen LogP contribution in [0.2, 0.25) is 0 Å². The Hall–Kier alpha value is -1.70. The number of amides is 1. The standard InChI is InChI=1S/C13H16N6O.2ClH/c1-13(4-5-14-7-13)12(20)18-10-2-3-11(16-6-10)19-9-15-8-17-19;;/h2-3,6,8-9,14H,4-5,7H2,1H3,(H,18,20);2*1H. The Morgan fingerprint density at radius 3 is 2.77 bits per heavy atom. The number of pyridine rings is 1. The van der Waals surface area contributed by atoms with Gasteiger partial charge >= 0.3 is 0 Å². The molecule has 3 rings (SSSR count). The van der Waals surface area contributed by atoms with Crippen molar-refractivity contribution in [3.05, 3.63) is 31.0 Å². The van der Waals surface area contributed by atoms with E-state index in [1.807, 2.05) is 13.0 Å². The van der Waals surface area contributed by atoms with Crippen LogP contribution in [0.5, 0.6) is 0 Å². The van der Waals surface area contributed by atoms with Gasteiger partial charge in [-0.05, 0) is 32.0 Å². The molecule has 1 amide bonds. The van der Waals surface area contributed by atoms with Gasteiger partial charge in [0.05, 0.1) is 17.3 Å². The van der Waals surface area contributed by atoms with Crippen molar-refractivity contribution in [2.24, 2.45) is 5.41 Å². The molecule has 7 nitrogen and oxygen atoms in total. The van der Waals surface area contributed by atoms with Crippen molar-refractivity contribution < 1.29 is 4.79 Å². The van der Waals surface area contributed by atoms with E-state index in [1.165, 1.54) is 6.33 Å². The fourth-order valence-corrected chi connectivity index (χ4v) is 2.21. The van der Waals surface area contributed by atoms with Gasteiger partial charge in [0.1, 0.15) is 12.7 Å². The fraction of sp³-hybridized carbons (Fsp3) is 0.385. The Kier molecular flexibility index (Phi) is 6.28. The maximum Gasteiger partial charge on any atom is 0.231 e. The lowest BCUT2D eigenvalue weighted by molar-refractivity contribution is -0.123. The zero-order chi connectivity index (χ0) is 14.0. The second kappa shape index (κ2) is 7.53. The van der Waals surface area contributed by atoms with Gasteiger partial charge in [-0.2, -0.15) is 5.10 Å². The highest BCUT2D eigenvalue weighted by atomic mass is 35.5. The Bertz CT molecular complexity index is 596. The van der Waals surface area contributed by atoms with Gasteiger partial charge in [0, 0.05) is 6.54 Å². The molecule has 1 fully saturated rings. The molecule has 0 radical (unpaired) electrons. The Balaban J connectivity index is 0.00000121. The molecule has 0 aromatic carbocycles. The van der Waals surface area contributed by atoms with E-state index in [0.29, 0.717) is 18.1 Å². The van der Waals surface area contributed by atoms with E-state index >= 15 is 0 Å². The first kappa shape index (κ1) is 18.3.